The zero-order valence-electron chi connectivity index (χ0n) is 10.2. The van der Waals surface area contributed by atoms with E-state index in [0.29, 0.717) is 0 Å². The maximum atomic E-state index is 2.32. The van der Waals surface area contributed by atoms with Gasteiger partial charge in [-0.25, -0.2) is 0 Å². The van der Waals surface area contributed by atoms with Gasteiger partial charge in [0.05, 0.1) is 25.4 Å². The van der Waals surface area contributed by atoms with Crippen LogP contribution in [-0.4, -0.2) is 23.0 Å². The molecule has 4 rings (SSSR count). The molecular formula is C12H10S8. The van der Waals surface area contributed by atoms with Crippen molar-refractivity contribution in [2.75, 3.05) is 23.0 Å². The molecule has 0 atom stereocenters. The van der Waals surface area contributed by atoms with Crippen LogP contribution in [0.15, 0.2) is 37.6 Å². The van der Waals surface area contributed by atoms with E-state index in [1.54, 1.807) is 0 Å². The van der Waals surface area contributed by atoms with Crippen molar-refractivity contribution in [1.29, 1.82) is 0 Å². The average Bonchev–Trinajstić information content (AvgIpc) is 3.07. The van der Waals surface area contributed by atoms with Crippen LogP contribution in [0.5, 0.6) is 0 Å². The quantitative estimate of drug-likeness (QED) is 0.455. The molecule has 0 saturated carbocycles. The minimum Gasteiger partial charge on any atom is -0.116 e. The molecule has 0 saturated heterocycles. The van der Waals surface area contributed by atoms with Crippen LogP contribution in [0.3, 0.4) is 0 Å². The van der Waals surface area contributed by atoms with Gasteiger partial charge in [0.25, 0.3) is 0 Å². The van der Waals surface area contributed by atoms with E-state index in [-0.39, 0.29) is 0 Å². The average molecular weight is 411 g/mol. The van der Waals surface area contributed by atoms with Gasteiger partial charge in [-0.2, -0.15) is 0 Å². The number of hydrogen-bond acceptors (Lipinski definition) is 8. The van der Waals surface area contributed by atoms with Crippen molar-refractivity contribution in [2.45, 2.75) is 0 Å². The Morgan fingerprint density at radius 1 is 0.500 bits per heavy atom. The van der Waals surface area contributed by atoms with Gasteiger partial charge in [0.15, 0.2) is 0 Å². The highest BCUT2D eigenvalue weighted by Crippen LogP contribution is 2.61. The summed E-state index contributed by atoms with van der Waals surface area (Å²) in [5, 5.41) is 0. The lowest BCUT2D eigenvalue weighted by molar-refractivity contribution is 1.56. The summed E-state index contributed by atoms with van der Waals surface area (Å²) in [6.07, 6.45) is 4.63. The molecule has 0 aromatic carbocycles. The monoisotopic (exact) mass is 410 g/mol. The molecule has 106 valence electrons. The van der Waals surface area contributed by atoms with Gasteiger partial charge in [-0.3, -0.25) is 0 Å². The standard InChI is InChI=1S/C12H10S8/c1(7-17-9-10(18-7)14-4-3-13-9)2-8-19-11-12(20-8)16-6-5-15-11/h1-2H,3-6H2. The Morgan fingerprint density at radius 2 is 0.800 bits per heavy atom. The molecule has 0 N–H and O–H groups in total. The normalized spacial score (nSPS) is 26.0. The lowest BCUT2D eigenvalue weighted by Crippen LogP contribution is -1.88. The van der Waals surface area contributed by atoms with E-state index in [1.165, 1.54) is 48.4 Å². The molecule has 4 heterocycles. The molecule has 0 fully saturated rings. The van der Waals surface area contributed by atoms with Crippen molar-refractivity contribution in [3.63, 3.8) is 0 Å². The first-order valence-corrected chi connectivity index (χ1v) is 13.2. The van der Waals surface area contributed by atoms with Gasteiger partial charge in [-0.15, -0.1) is 47.0 Å². The topological polar surface area (TPSA) is 0 Å². The van der Waals surface area contributed by atoms with E-state index in [2.05, 4.69) is 12.2 Å². The van der Waals surface area contributed by atoms with Crippen LogP contribution < -0.4 is 0 Å². The predicted molar refractivity (Wildman–Crippen MR) is 110 cm³/mol. The molecule has 0 bridgehead atoms. The Hall–Kier alpha value is 1.76. The van der Waals surface area contributed by atoms with Gasteiger partial charge in [0, 0.05) is 23.0 Å². The van der Waals surface area contributed by atoms with Gasteiger partial charge >= 0.3 is 0 Å². The molecule has 20 heavy (non-hydrogen) atoms. The highest BCUT2D eigenvalue weighted by molar-refractivity contribution is 8.42. The molecule has 0 aromatic rings. The summed E-state index contributed by atoms with van der Waals surface area (Å²) in [7, 11) is 0. The van der Waals surface area contributed by atoms with Crippen LogP contribution in [-0.2, 0) is 0 Å². The fraction of sp³-hybridized carbons (Fsp3) is 0.333. The van der Waals surface area contributed by atoms with Crippen LogP contribution in [0.2, 0.25) is 0 Å². The van der Waals surface area contributed by atoms with Gasteiger partial charge in [0.2, 0.25) is 0 Å². The van der Waals surface area contributed by atoms with Crippen molar-refractivity contribution >= 4 is 94.1 Å². The van der Waals surface area contributed by atoms with Gasteiger partial charge in [-0.05, 0) is 12.2 Å². The lowest BCUT2D eigenvalue weighted by atomic mass is 10.6. The second kappa shape index (κ2) is 7.11. The second-order valence-electron chi connectivity index (χ2n) is 3.92. The van der Waals surface area contributed by atoms with E-state index < -0.39 is 0 Å². The molecule has 0 spiro atoms. The third-order valence-corrected chi connectivity index (χ3v) is 13.9. The van der Waals surface area contributed by atoms with Crippen molar-refractivity contribution < 1.29 is 0 Å². The Kier molecular flexibility index (Phi) is 5.44. The molecular weight excluding hydrogens is 401 g/mol. The van der Waals surface area contributed by atoms with E-state index in [9.17, 15) is 0 Å². The van der Waals surface area contributed by atoms with Crippen LogP contribution in [0.25, 0.3) is 0 Å². The zero-order valence-corrected chi connectivity index (χ0v) is 16.8. The lowest BCUT2D eigenvalue weighted by Gasteiger charge is -2.08. The van der Waals surface area contributed by atoms with Gasteiger partial charge in [-0.1, -0.05) is 47.0 Å². The third kappa shape index (κ3) is 3.47. The summed E-state index contributed by atoms with van der Waals surface area (Å²) in [4.78, 5) is 0. The SMILES string of the molecule is C(C=C1SC2=C(SCCS2)S1)=C1SC2=C(SCCS2)S1. The maximum absolute atomic E-state index is 2.32. The molecule has 4 aliphatic heterocycles. The van der Waals surface area contributed by atoms with E-state index in [0.717, 1.165) is 0 Å². The summed E-state index contributed by atoms with van der Waals surface area (Å²) >= 11 is 16.0. The minimum absolute atomic E-state index is 1.27. The van der Waals surface area contributed by atoms with E-state index in [1.807, 2.05) is 94.1 Å². The fourth-order valence-corrected chi connectivity index (χ4v) is 13.3. The molecule has 8 heteroatoms. The predicted octanol–water partition coefficient (Wildman–Crippen LogP) is 6.84. The third-order valence-electron chi connectivity index (χ3n) is 2.56. The zero-order chi connectivity index (χ0) is 13.4. The number of hydrogen-bond donors (Lipinski definition) is 0. The first-order valence-electron chi connectivity index (χ1n) is 6.01. The highest BCUT2D eigenvalue weighted by atomic mass is 32.3. The molecule has 0 aromatic heterocycles. The summed E-state index contributed by atoms with van der Waals surface area (Å²) < 4.78 is 9.01. The van der Waals surface area contributed by atoms with E-state index >= 15 is 0 Å². The Balaban J connectivity index is 1.42. The number of thioether (sulfide) groups is 8. The molecule has 0 nitrogen and oxygen atoms in total. The van der Waals surface area contributed by atoms with Gasteiger partial charge < -0.3 is 0 Å². The maximum Gasteiger partial charge on any atom is 0.0660 e. The fourth-order valence-electron chi connectivity index (χ4n) is 1.74. The van der Waals surface area contributed by atoms with Crippen LogP contribution >= 0.6 is 94.1 Å². The molecule has 0 unspecified atom stereocenters. The molecule has 0 aliphatic carbocycles. The van der Waals surface area contributed by atoms with Crippen LogP contribution in [0.1, 0.15) is 0 Å². The van der Waals surface area contributed by atoms with Crippen molar-refractivity contribution in [1.82, 2.24) is 0 Å². The smallest absolute Gasteiger partial charge is 0.0660 e. The number of allylic oxidation sites excluding steroid dienone is 2. The first-order chi connectivity index (χ1) is 9.88. The highest BCUT2D eigenvalue weighted by Gasteiger charge is 2.26. The van der Waals surface area contributed by atoms with Crippen LogP contribution in [0.4, 0.5) is 0 Å². The van der Waals surface area contributed by atoms with Crippen molar-refractivity contribution in [3.05, 3.63) is 37.6 Å². The van der Waals surface area contributed by atoms with Crippen molar-refractivity contribution in [2.24, 2.45) is 0 Å². The van der Waals surface area contributed by atoms with Gasteiger partial charge in [0.1, 0.15) is 0 Å². The number of rotatable bonds is 1. The first kappa shape index (κ1) is 15.3. The molecule has 4 aliphatic rings. The Bertz CT molecular complexity index is 466. The summed E-state index contributed by atoms with van der Waals surface area (Å²) in [5.74, 6) is 5.06. The largest absolute Gasteiger partial charge is 0.116 e. The second-order valence-corrected chi connectivity index (χ2v) is 14.1. The Labute approximate surface area is 153 Å². The van der Waals surface area contributed by atoms with Crippen LogP contribution in [0, 0.1) is 0 Å². The summed E-state index contributed by atoms with van der Waals surface area (Å²) in [6, 6.07) is 0. The van der Waals surface area contributed by atoms with Crippen molar-refractivity contribution in [3.8, 4) is 0 Å². The van der Waals surface area contributed by atoms with E-state index in [4.69, 9.17) is 0 Å². The minimum atomic E-state index is 1.27. The Morgan fingerprint density at radius 3 is 1.10 bits per heavy atom. The summed E-state index contributed by atoms with van der Waals surface area (Å²) in [5.41, 5.74) is 0. The summed E-state index contributed by atoms with van der Waals surface area (Å²) in [6.45, 7) is 0. The molecule has 0 radical (unpaired) electrons. The molecule has 0 amide bonds.